The van der Waals surface area contributed by atoms with Gasteiger partial charge in [-0.2, -0.15) is 5.10 Å². The van der Waals surface area contributed by atoms with Crippen LogP contribution in [0, 0.1) is 18.6 Å². The molecule has 0 bridgehead atoms. The number of hydrogen-bond donors (Lipinski definition) is 1. The van der Waals surface area contributed by atoms with Gasteiger partial charge < -0.3 is 9.55 Å². The van der Waals surface area contributed by atoms with Gasteiger partial charge in [-0.05, 0) is 56.8 Å². The Balaban J connectivity index is 1.79. The fourth-order valence-electron chi connectivity index (χ4n) is 2.63. The highest BCUT2D eigenvalue weighted by atomic mass is 79.9. The van der Waals surface area contributed by atoms with E-state index in [1.54, 1.807) is 0 Å². The van der Waals surface area contributed by atoms with Crippen LogP contribution in [0.15, 0.2) is 28.7 Å². The molecule has 0 radical (unpaired) electrons. The second-order valence-electron chi connectivity index (χ2n) is 5.25. The zero-order valence-corrected chi connectivity index (χ0v) is 14.5. The molecule has 0 spiro atoms. The lowest BCUT2D eigenvalue weighted by atomic mass is 10.3. The van der Waals surface area contributed by atoms with Gasteiger partial charge in [0.1, 0.15) is 0 Å². The highest BCUT2D eigenvalue weighted by Gasteiger charge is 2.06. The molecule has 6 heteroatoms. The van der Waals surface area contributed by atoms with E-state index < -0.39 is 0 Å². The number of rotatable bonds is 4. The van der Waals surface area contributed by atoms with Crippen molar-refractivity contribution in [2.75, 3.05) is 0 Å². The van der Waals surface area contributed by atoms with Gasteiger partial charge in [-0.25, -0.2) is 0 Å². The number of fused-ring (bicyclic) bond motifs is 1. The Morgan fingerprint density at radius 2 is 2.05 bits per heavy atom. The summed E-state index contributed by atoms with van der Waals surface area (Å²) in [5.41, 5.74) is 4.50. The number of benzene rings is 1. The van der Waals surface area contributed by atoms with Crippen molar-refractivity contribution in [3.63, 3.8) is 0 Å². The molecule has 0 saturated heterocycles. The number of aromatic nitrogens is 4. The molecule has 0 saturated carbocycles. The summed E-state index contributed by atoms with van der Waals surface area (Å²) >= 11 is 8.94. The molecule has 3 aromatic rings. The highest BCUT2D eigenvalue weighted by Crippen LogP contribution is 2.20. The first-order chi connectivity index (χ1) is 10.0. The number of nitrogens with zero attached hydrogens (tertiary/aromatic N) is 3. The van der Waals surface area contributed by atoms with E-state index in [4.69, 9.17) is 12.2 Å². The largest absolute Gasteiger partial charge is 0.331 e. The standard InChI is InChI=1S/C15H17BrN4S/c1-10-8-11(2)20(18-10)7-3-6-19-14-9-12(16)4-5-13(14)17-15(19)21/h4-5,8-9H,3,6-7H2,1-2H3,(H,17,21). The van der Waals surface area contributed by atoms with Crippen molar-refractivity contribution < 1.29 is 0 Å². The first-order valence-corrected chi connectivity index (χ1v) is 8.14. The molecule has 0 amide bonds. The van der Waals surface area contributed by atoms with Gasteiger partial charge in [0, 0.05) is 23.3 Å². The number of H-pyrrole nitrogens is 1. The molecule has 0 aliphatic heterocycles. The van der Waals surface area contributed by atoms with Crippen LogP contribution < -0.4 is 0 Å². The zero-order chi connectivity index (χ0) is 15.0. The third kappa shape index (κ3) is 2.96. The van der Waals surface area contributed by atoms with E-state index >= 15 is 0 Å². The third-order valence-corrected chi connectivity index (χ3v) is 4.41. The molecule has 0 aliphatic carbocycles. The summed E-state index contributed by atoms with van der Waals surface area (Å²) in [6.45, 7) is 5.90. The van der Waals surface area contributed by atoms with E-state index in [1.807, 2.05) is 19.1 Å². The Bertz CT molecular complexity index is 843. The minimum atomic E-state index is 0.775. The normalized spacial score (nSPS) is 11.4. The summed E-state index contributed by atoms with van der Waals surface area (Å²) in [6, 6.07) is 8.28. The second-order valence-corrected chi connectivity index (χ2v) is 6.55. The van der Waals surface area contributed by atoms with Crippen LogP contribution in [-0.2, 0) is 13.1 Å². The Morgan fingerprint density at radius 3 is 2.76 bits per heavy atom. The Morgan fingerprint density at radius 1 is 1.24 bits per heavy atom. The van der Waals surface area contributed by atoms with Crippen molar-refractivity contribution in [2.24, 2.45) is 0 Å². The number of imidazole rings is 1. The van der Waals surface area contributed by atoms with Crippen molar-refractivity contribution >= 4 is 39.2 Å². The maximum absolute atomic E-state index is 5.43. The lowest BCUT2D eigenvalue weighted by Crippen LogP contribution is -2.07. The van der Waals surface area contributed by atoms with Crippen LogP contribution in [0.5, 0.6) is 0 Å². The average Bonchev–Trinajstić information content (AvgIpc) is 2.90. The molecule has 21 heavy (non-hydrogen) atoms. The van der Waals surface area contributed by atoms with Crippen molar-refractivity contribution in [1.29, 1.82) is 0 Å². The predicted octanol–water partition coefficient (Wildman–Crippen LogP) is 4.37. The van der Waals surface area contributed by atoms with Crippen LogP contribution in [0.1, 0.15) is 17.8 Å². The Labute approximate surface area is 136 Å². The molecule has 3 rings (SSSR count). The monoisotopic (exact) mass is 364 g/mol. The lowest BCUT2D eigenvalue weighted by molar-refractivity contribution is 0.519. The summed E-state index contributed by atoms with van der Waals surface area (Å²) in [5.74, 6) is 0. The molecular weight excluding hydrogens is 348 g/mol. The van der Waals surface area contributed by atoms with Gasteiger partial charge in [0.15, 0.2) is 4.77 Å². The topological polar surface area (TPSA) is 38.5 Å². The predicted molar refractivity (Wildman–Crippen MR) is 91.1 cm³/mol. The summed E-state index contributed by atoms with van der Waals surface area (Å²) < 4.78 is 6.05. The van der Waals surface area contributed by atoms with Gasteiger partial charge in [-0.15, -0.1) is 0 Å². The van der Waals surface area contributed by atoms with Gasteiger partial charge in [0.25, 0.3) is 0 Å². The molecule has 0 fully saturated rings. The maximum Gasteiger partial charge on any atom is 0.178 e. The average molecular weight is 365 g/mol. The number of aryl methyl sites for hydroxylation is 4. The van der Waals surface area contributed by atoms with Crippen molar-refractivity contribution in [3.05, 3.63) is 44.9 Å². The number of halogens is 1. The third-order valence-electron chi connectivity index (χ3n) is 3.59. The molecule has 2 heterocycles. The van der Waals surface area contributed by atoms with E-state index in [0.717, 1.165) is 45.5 Å². The van der Waals surface area contributed by atoms with Gasteiger partial charge in [-0.1, -0.05) is 15.9 Å². The van der Waals surface area contributed by atoms with E-state index in [-0.39, 0.29) is 0 Å². The first kappa shape index (κ1) is 14.5. The van der Waals surface area contributed by atoms with Gasteiger partial charge in [0.2, 0.25) is 0 Å². The molecule has 1 aromatic carbocycles. The summed E-state index contributed by atoms with van der Waals surface area (Å²) in [4.78, 5) is 3.25. The lowest BCUT2D eigenvalue weighted by Gasteiger charge is -2.07. The van der Waals surface area contributed by atoms with E-state index in [9.17, 15) is 0 Å². The molecule has 4 nitrogen and oxygen atoms in total. The fourth-order valence-corrected chi connectivity index (χ4v) is 3.28. The fraction of sp³-hybridized carbons (Fsp3) is 0.333. The van der Waals surface area contributed by atoms with Gasteiger partial charge >= 0.3 is 0 Å². The minimum absolute atomic E-state index is 0.775. The van der Waals surface area contributed by atoms with Crippen LogP contribution >= 0.6 is 28.1 Å². The van der Waals surface area contributed by atoms with Gasteiger partial charge in [-0.3, -0.25) is 4.68 Å². The van der Waals surface area contributed by atoms with E-state index in [2.05, 4.69) is 54.3 Å². The van der Waals surface area contributed by atoms with Crippen LogP contribution in [-0.4, -0.2) is 19.3 Å². The summed E-state index contributed by atoms with van der Waals surface area (Å²) in [5, 5.41) is 4.49. The number of nitrogens with one attached hydrogen (secondary N) is 1. The molecule has 1 N–H and O–H groups in total. The molecule has 0 aliphatic rings. The van der Waals surface area contributed by atoms with Crippen molar-refractivity contribution in [2.45, 2.75) is 33.4 Å². The second kappa shape index (κ2) is 5.77. The van der Waals surface area contributed by atoms with E-state index in [0.29, 0.717) is 0 Å². The maximum atomic E-state index is 5.43. The number of aromatic amines is 1. The zero-order valence-electron chi connectivity index (χ0n) is 12.1. The van der Waals surface area contributed by atoms with Crippen LogP contribution in [0.2, 0.25) is 0 Å². The smallest absolute Gasteiger partial charge is 0.178 e. The molecule has 0 atom stereocenters. The van der Waals surface area contributed by atoms with E-state index in [1.165, 1.54) is 5.69 Å². The van der Waals surface area contributed by atoms with Crippen molar-refractivity contribution in [1.82, 2.24) is 19.3 Å². The highest BCUT2D eigenvalue weighted by molar-refractivity contribution is 9.10. The van der Waals surface area contributed by atoms with Crippen LogP contribution in [0.4, 0.5) is 0 Å². The molecular formula is C15H17BrN4S. The first-order valence-electron chi connectivity index (χ1n) is 6.94. The van der Waals surface area contributed by atoms with Gasteiger partial charge in [0.05, 0.1) is 16.7 Å². The number of hydrogen-bond acceptors (Lipinski definition) is 2. The molecule has 2 aromatic heterocycles. The Kier molecular flexibility index (Phi) is 3.99. The summed E-state index contributed by atoms with van der Waals surface area (Å²) in [7, 11) is 0. The summed E-state index contributed by atoms with van der Waals surface area (Å²) in [6.07, 6.45) is 0.996. The minimum Gasteiger partial charge on any atom is -0.331 e. The molecule has 0 unspecified atom stereocenters. The van der Waals surface area contributed by atoms with Crippen LogP contribution in [0.3, 0.4) is 0 Å². The van der Waals surface area contributed by atoms with Crippen molar-refractivity contribution in [3.8, 4) is 0 Å². The Hall–Kier alpha value is -1.40. The van der Waals surface area contributed by atoms with Crippen LogP contribution in [0.25, 0.3) is 11.0 Å². The molecule has 110 valence electrons. The SMILES string of the molecule is Cc1cc(C)n(CCCn2c(=S)[nH]c3ccc(Br)cc32)n1. The quantitative estimate of drug-likeness (QED) is 0.698.